The van der Waals surface area contributed by atoms with Gasteiger partial charge in [0.2, 0.25) is 0 Å². The van der Waals surface area contributed by atoms with Crippen molar-refractivity contribution < 1.29 is 19.1 Å². The van der Waals surface area contributed by atoms with Crippen molar-refractivity contribution in [2.75, 3.05) is 0 Å². The van der Waals surface area contributed by atoms with Crippen molar-refractivity contribution in [3.8, 4) is 0 Å². The molecule has 3 N–H and O–H groups in total. The van der Waals surface area contributed by atoms with E-state index in [1.54, 1.807) is 6.07 Å². The van der Waals surface area contributed by atoms with Gasteiger partial charge in [-0.05, 0) is 30.5 Å². The highest BCUT2D eigenvalue weighted by molar-refractivity contribution is 9.10. The molecule has 3 rings (SSSR count). The molecule has 1 unspecified atom stereocenters. The molecular formula is C15H14BrFN2O3. The van der Waals surface area contributed by atoms with Crippen molar-refractivity contribution in [1.29, 1.82) is 0 Å². The maximum Gasteiger partial charge on any atom is 0.326 e. The number of benzene rings is 1. The SMILES string of the molecule is O=C(NC(CC1CC1)C(=O)O)c1cc2c(F)cc(Br)cc2[nH]1. The van der Waals surface area contributed by atoms with Crippen LogP contribution in [0.2, 0.25) is 0 Å². The van der Waals surface area contributed by atoms with Gasteiger partial charge >= 0.3 is 5.97 Å². The molecule has 0 aliphatic heterocycles. The van der Waals surface area contributed by atoms with Crippen molar-refractivity contribution >= 4 is 38.7 Å². The zero-order chi connectivity index (χ0) is 15.9. The van der Waals surface area contributed by atoms with Crippen molar-refractivity contribution in [2.45, 2.75) is 25.3 Å². The predicted molar refractivity (Wildman–Crippen MR) is 82.2 cm³/mol. The van der Waals surface area contributed by atoms with Crippen LogP contribution in [0.15, 0.2) is 22.7 Å². The number of hydrogen-bond acceptors (Lipinski definition) is 2. The molecule has 1 heterocycles. The van der Waals surface area contributed by atoms with E-state index >= 15 is 0 Å². The lowest BCUT2D eigenvalue weighted by molar-refractivity contribution is -0.139. The van der Waals surface area contributed by atoms with Gasteiger partial charge in [0.05, 0.1) is 5.52 Å². The zero-order valence-corrected chi connectivity index (χ0v) is 13.1. The molecule has 1 aliphatic rings. The Kier molecular flexibility index (Phi) is 3.90. The molecule has 2 aromatic rings. The van der Waals surface area contributed by atoms with E-state index in [-0.39, 0.29) is 5.69 Å². The van der Waals surface area contributed by atoms with Crippen LogP contribution < -0.4 is 5.32 Å². The van der Waals surface area contributed by atoms with Crippen LogP contribution in [0.5, 0.6) is 0 Å². The summed E-state index contributed by atoms with van der Waals surface area (Å²) < 4.78 is 14.4. The summed E-state index contributed by atoms with van der Waals surface area (Å²) in [4.78, 5) is 26.2. The normalized spacial score (nSPS) is 15.7. The minimum atomic E-state index is -1.05. The van der Waals surface area contributed by atoms with Crippen molar-refractivity contribution in [3.05, 3.63) is 34.2 Å². The molecule has 116 valence electrons. The lowest BCUT2D eigenvalue weighted by Crippen LogP contribution is -2.41. The van der Waals surface area contributed by atoms with Crippen LogP contribution >= 0.6 is 15.9 Å². The van der Waals surface area contributed by atoms with Gasteiger partial charge in [-0.1, -0.05) is 28.8 Å². The van der Waals surface area contributed by atoms with Gasteiger partial charge in [-0.2, -0.15) is 0 Å². The highest BCUT2D eigenvalue weighted by Gasteiger charge is 2.30. The third-order valence-electron chi connectivity index (χ3n) is 3.77. The first kappa shape index (κ1) is 15.0. The fourth-order valence-electron chi connectivity index (χ4n) is 2.43. The largest absolute Gasteiger partial charge is 0.480 e. The number of amides is 1. The topological polar surface area (TPSA) is 82.2 Å². The summed E-state index contributed by atoms with van der Waals surface area (Å²) in [5.41, 5.74) is 0.625. The number of hydrogen-bond donors (Lipinski definition) is 3. The number of H-pyrrole nitrogens is 1. The Labute approximate surface area is 134 Å². The second-order valence-electron chi connectivity index (χ2n) is 5.58. The lowest BCUT2D eigenvalue weighted by atomic mass is 10.1. The third-order valence-corrected chi connectivity index (χ3v) is 4.22. The molecule has 1 amide bonds. The minimum Gasteiger partial charge on any atom is -0.480 e. The molecule has 1 atom stereocenters. The molecule has 5 nitrogen and oxygen atoms in total. The van der Waals surface area contributed by atoms with Crippen molar-refractivity contribution in [3.63, 3.8) is 0 Å². The summed E-state index contributed by atoms with van der Waals surface area (Å²) in [7, 11) is 0. The van der Waals surface area contributed by atoms with E-state index in [9.17, 15) is 19.1 Å². The van der Waals surface area contributed by atoms with Crippen LogP contribution in [0, 0.1) is 11.7 Å². The second-order valence-corrected chi connectivity index (χ2v) is 6.49. The Morgan fingerprint density at radius 2 is 2.14 bits per heavy atom. The fraction of sp³-hybridized carbons (Fsp3) is 0.333. The molecular weight excluding hydrogens is 355 g/mol. The number of halogens is 2. The minimum absolute atomic E-state index is 0.147. The smallest absolute Gasteiger partial charge is 0.326 e. The van der Waals surface area contributed by atoms with Crippen LogP contribution in [-0.2, 0) is 4.79 Å². The van der Waals surface area contributed by atoms with Gasteiger partial charge in [-0.15, -0.1) is 0 Å². The van der Waals surface area contributed by atoms with E-state index in [0.29, 0.717) is 27.7 Å². The molecule has 0 bridgehead atoms. The Morgan fingerprint density at radius 1 is 1.41 bits per heavy atom. The number of aromatic nitrogens is 1. The van der Waals surface area contributed by atoms with Crippen LogP contribution in [0.3, 0.4) is 0 Å². The second kappa shape index (κ2) is 5.72. The standard InChI is InChI=1S/C15H14BrFN2O3/c16-8-4-10(17)9-6-12(18-11(9)5-8)14(20)19-13(15(21)22)3-7-1-2-7/h4-7,13,18H,1-3H2,(H,19,20)(H,21,22). The number of carbonyl (C=O) groups excluding carboxylic acids is 1. The first-order valence-electron chi connectivity index (χ1n) is 6.95. The van der Waals surface area contributed by atoms with Crippen LogP contribution in [0.4, 0.5) is 4.39 Å². The molecule has 0 spiro atoms. The molecule has 1 saturated carbocycles. The Hall–Kier alpha value is -1.89. The lowest BCUT2D eigenvalue weighted by Gasteiger charge is -2.13. The number of aliphatic carboxylic acids is 1. The summed E-state index contributed by atoms with van der Waals surface area (Å²) >= 11 is 3.18. The Morgan fingerprint density at radius 3 is 2.77 bits per heavy atom. The maximum atomic E-state index is 13.8. The van der Waals surface area contributed by atoms with Gasteiger partial charge in [-0.3, -0.25) is 4.79 Å². The van der Waals surface area contributed by atoms with E-state index in [4.69, 9.17) is 0 Å². The molecule has 1 aliphatic carbocycles. The number of carboxylic acid groups (broad SMARTS) is 1. The highest BCUT2D eigenvalue weighted by Crippen LogP contribution is 2.33. The van der Waals surface area contributed by atoms with E-state index in [1.165, 1.54) is 12.1 Å². The number of aromatic amines is 1. The van der Waals surface area contributed by atoms with Crippen molar-refractivity contribution in [1.82, 2.24) is 10.3 Å². The summed E-state index contributed by atoms with van der Waals surface area (Å²) in [6.45, 7) is 0. The highest BCUT2D eigenvalue weighted by atomic mass is 79.9. The van der Waals surface area contributed by atoms with E-state index in [1.807, 2.05) is 0 Å². The van der Waals surface area contributed by atoms with Gasteiger partial charge in [0.15, 0.2) is 0 Å². The van der Waals surface area contributed by atoms with Gasteiger partial charge in [0.1, 0.15) is 17.6 Å². The fourth-order valence-corrected chi connectivity index (χ4v) is 2.86. The molecule has 22 heavy (non-hydrogen) atoms. The molecule has 7 heteroatoms. The number of nitrogens with one attached hydrogen (secondary N) is 2. The van der Waals surface area contributed by atoms with Crippen molar-refractivity contribution in [2.24, 2.45) is 5.92 Å². The third kappa shape index (κ3) is 3.14. The Balaban J connectivity index is 1.81. The summed E-state index contributed by atoms with van der Waals surface area (Å²) in [6, 6.07) is 3.45. The molecule has 0 radical (unpaired) electrons. The predicted octanol–water partition coefficient (Wildman–Crippen LogP) is 3.05. The van der Waals surface area contributed by atoms with E-state index in [0.717, 1.165) is 12.8 Å². The summed E-state index contributed by atoms with van der Waals surface area (Å²) in [6.07, 6.45) is 2.44. The Bertz CT molecular complexity index is 755. The van der Waals surface area contributed by atoms with Crippen LogP contribution in [-0.4, -0.2) is 28.0 Å². The van der Waals surface area contributed by atoms with Crippen LogP contribution in [0.25, 0.3) is 10.9 Å². The number of rotatable bonds is 5. The first-order chi connectivity index (χ1) is 10.4. The quantitative estimate of drug-likeness (QED) is 0.758. The number of fused-ring (bicyclic) bond motifs is 1. The molecule has 1 fully saturated rings. The zero-order valence-electron chi connectivity index (χ0n) is 11.5. The number of carbonyl (C=O) groups is 2. The number of carboxylic acids is 1. The average molecular weight is 369 g/mol. The molecule has 0 saturated heterocycles. The summed E-state index contributed by atoms with van der Waals surface area (Å²) in [5, 5.41) is 12.0. The molecule has 1 aromatic carbocycles. The average Bonchev–Trinajstić information content (AvgIpc) is 3.14. The maximum absolute atomic E-state index is 13.8. The first-order valence-corrected chi connectivity index (χ1v) is 7.75. The van der Waals surface area contributed by atoms with E-state index < -0.39 is 23.7 Å². The van der Waals surface area contributed by atoms with E-state index in [2.05, 4.69) is 26.2 Å². The molecule has 1 aromatic heterocycles. The van der Waals surface area contributed by atoms with Gasteiger partial charge in [0.25, 0.3) is 5.91 Å². The monoisotopic (exact) mass is 368 g/mol. The summed E-state index contributed by atoms with van der Waals surface area (Å²) in [5.74, 6) is -1.67. The van der Waals surface area contributed by atoms with Gasteiger partial charge < -0.3 is 15.4 Å². The van der Waals surface area contributed by atoms with Gasteiger partial charge in [0, 0.05) is 9.86 Å². The van der Waals surface area contributed by atoms with Gasteiger partial charge in [-0.25, -0.2) is 9.18 Å². The van der Waals surface area contributed by atoms with Crippen LogP contribution in [0.1, 0.15) is 29.8 Å².